The van der Waals surface area contributed by atoms with E-state index in [2.05, 4.69) is 36.6 Å². The maximum absolute atomic E-state index is 12.1. The molecular formula is C15H22N2O2. The van der Waals surface area contributed by atoms with Crippen LogP contribution >= 0.6 is 0 Å². The molecule has 0 aromatic heterocycles. The first-order valence-electron chi connectivity index (χ1n) is 6.80. The van der Waals surface area contributed by atoms with Crippen LogP contribution in [-0.4, -0.2) is 31.7 Å². The molecule has 19 heavy (non-hydrogen) atoms. The lowest BCUT2D eigenvalue weighted by Gasteiger charge is -2.13. The zero-order valence-corrected chi connectivity index (χ0v) is 11.8. The van der Waals surface area contributed by atoms with E-state index in [-0.39, 0.29) is 18.1 Å². The lowest BCUT2D eigenvalue weighted by atomic mass is 10.1. The van der Waals surface area contributed by atoms with Gasteiger partial charge in [0.2, 0.25) is 5.91 Å². The molecule has 2 rings (SSSR count). The second kappa shape index (κ2) is 6.17. The van der Waals surface area contributed by atoms with Crippen LogP contribution in [0.5, 0.6) is 0 Å². The number of anilines is 1. The molecule has 0 saturated carbocycles. The summed E-state index contributed by atoms with van der Waals surface area (Å²) < 4.78 is 5.25. The minimum atomic E-state index is -0.156. The van der Waals surface area contributed by atoms with Gasteiger partial charge in [-0.15, -0.1) is 0 Å². The summed E-state index contributed by atoms with van der Waals surface area (Å²) in [5.74, 6) is 0.0189. The maximum atomic E-state index is 12.1. The Hall–Kier alpha value is -1.39. The maximum Gasteiger partial charge on any atom is 0.241 e. The van der Waals surface area contributed by atoms with Crippen molar-refractivity contribution < 1.29 is 9.53 Å². The summed E-state index contributed by atoms with van der Waals surface area (Å²) in [5.41, 5.74) is 3.40. The van der Waals surface area contributed by atoms with Crippen molar-refractivity contribution in [3.05, 3.63) is 29.3 Å². The molecule has 1 aliphatic rings. The Morgan fingerprint density at radius 3 is 2.95 bits per heavy atom. The first kappa shape index (κ1) is 14.0. The molecule has 4 nitrogen and oxygen atoms in total. The van der Waals surface area contributed by atoms with Gasteiger partial charge in [0.05, 0.1) is 12.1 Å². The highest BCUT2D eigenvalue weighted by Crippen LogP contribution is 2.17. The third-order valence-electron chi connectivity index (χ3n) is 3.74. The Morgan fingerprint density at radius 1 is 1.53 bits per heavy atom. The predicted octanol–water partition coefficient (Wildman–Crippen LogP) is 1.87. The Morgan fingerprint density at radius 2 is 2.32 bits per heavy atom. The van der Waals surface area contributed by atoms with E-state index in [0.29, 0.717) is 0 Å². The molecule has 0 radical (unpaired) electrons. The molecule has 0 spiro atoms. The summed E-state index contributed by atoms with van der Waals surface area (Å²) in [6, 6.07) is 5.90. The van der Waals surface area contributed by atoms with Crippen LogP contribution in [0.15, 0.2) is 18.2 Å². The number of methoxy groups -OCH3 is 1. The Balaban J connectivity index is 1.99. The van der Waals surface area contributed by atoms with Crippen molar-refractivity contribution in [1.82, 2.24) is 5.32 Å². The zero-order valence-electron chi connectivity index (χ0n) is 11.8. The molecule has 0 unspecified atom stereocenters. The molecule has 1 aliphatic heterocycles. The van der Waals surface area contributed by atoms with Crippen molar-refractivity contribution in [2.75, 3.05) is 19.0 Å². The lowest BCUT2D eigenvalue weighted by molar-refractivity contribution is -0.118. The van der Waals surface area contributed by atoms with Crippen LogP contribution in [0.4, 0.5) is 5.69 Å². The van der Waals surface area contributed by atoms with Gasteiger partial charge in [0.1, 0.15) is 0 Å². The van der Waals surface area contributed by atoms with E-state index in [9.17, 15) is 4.79 Å². The molecule has 1 fully saturated rings. The summed E-state index contributed by atoms with van der Waals surface area (Å²) >= 11 is 0. The van der Waals surface area contributed by atoms with Crippen molar-refractivity contribution in [2.24, 2.45) is 0 Å². The van der Waals surface area contributed by atoms with E-state index in [1.54, 1.807) is 7.11 Å². The van der Waals surface area contributed by atoms with Crippen molar-refractivity contribution in [2.45, 2.75) is 38.8 Å². The summed E-state index contributed by atoms with van der Waals surface area (Å²) in [4.78, 5) is 12.1. The largest absolute Gasteiger partial charge is 0.380 e. The lowest BCUT2D eigenvalue weighted by Crippen LogP contribution is -2.35. The summed E-state index contributed by atoms with van der Waals surface area (Å²) in [7, 11) is 1.68. The highest BCUT2D eigenvalue weighted by atomic mass is 16.5. The fourth-order valence-corrected chi connectivity index (χ4v) is 2.44. The van der Waals surface area contributed by atoms with Gasteiger partial charge in [-0.25, -0.2) is 0 Å². The molecule has 0 aliphatic carbocycles. The monoisotopic (exact) mass is 262 g/mol. The third kappa shape index (κ3) is 3.33. The van der Waals surface area contributed by atoms with Gasteiger partial charge >= 0.3 is 0 Å². The minimum Gasteiger partial charge on any atom is -0.380 e. The average molecular weight is 262 g/mol. The topological polar surface area (TPSA) is 50.4 Å². The quantitative estimate of drug-likeness (QED) is 0.871. The molecule has 2 N–H and O–H groups in total. The number of carbonyl (C=O) groups is 1. The van der Waals surface area contributed by atoms with E-state index in [1.165, 1.54) is 11.1 Å². The number of hydrogen-bond acceptors (Lipinski definition) is 3. The predicted molar refractivity (Wildman–Crippen MR) is 76.4 cm³/mol. The van der Waals surface area contributed by atoms with E-state index in [1.807, 2.05) is 6.07 Å². The van der Waals surface area contributed by atoms with Crippen molar-refractivity contribution in [3.63, 3.8) is 0 Å². The number of amides is 1. The van der Waals surface area contributed by atoms with Crippen molar-refractivity contribution >= 4 is 11.6 Å². The van der Waals surface area contributed by atoms with Gasteiger partial charge in [-0.3, -0.25) is 4.79 Å². The number of ether oxygens (including phenoxy) is 1. The van der Waals surface area contributed by atoms with Crippen molar-refractivity contribution in [3.8, 4) is 0 Å². The molecule has 1 amide bonds. The number of carbonyl (C=O) groups excluding carboxylic acids is 1. The fourth-order valence-electron chi connectivity index (χ4n) is 2.44. The summed E-state index contributed by atoms with van der Waals surface area (Å²) in [5, 5.41) is 6.15. The van der Waals surface area contributed by atoms with Crippen LogP contribution < -0.4 is 10.6 Å². The number of aryl methyl sites for hydroxylation is 2. The normalized spacial score (nSPS) is 22.5. The van der Waals surface area contributed by atoms with Gasteiger partial charge in [-0.1, -0.05) is 13.0 Å². The highest BCUT2D eigenvalue weighted by molar-refractivity contribution is 5.95. The van der Waals surface area contributed by atoms with Crippen LogP contribution in [0.2, 0.25) is 0 Å². The van der Waals surface area contributed by atoms with Gasteiger partial charge in [-0.05, 0) is 43.0 Å². The molecule has 1 aromatic carbocycles. The number of benzene rings is 1. The van der Waals surface area contributed by atoms with Gasteiger partial charge in [0.25, 0.3) is 0 Å². The van der Waals surface area contributed by atoms with Crippen LogP contribution in [0.25, 0.3) is 0 Å². The van der Waals surface area contributed by atoms with Crippen LogP contribution in [0, 0.1) is 6.92 Å². The van der Waals surface area contributed by atoms with Crippen LogP contribution in [0.1, 0.15) is 24.5 Å². The first-order chi connectivity index (χ1) is 9.13. The van der Waals surface area contributed by atoms with Gasteiger partial charge in [-0.2, -0.15) is 0 Å². The smallest absolute Gasteiger partial charge is 0.241 e. The first-order valence-corrected chi connectivity index (χ1v) is 6.80. The van der Waals surface area contributed by atoms with Crippen LogP contribution in [-0.2, 0) is 16.0 Å². The Labute approximate surface area is 114 Å². The third-order valence-corrected chi connectivity index (χ3v) is 3.74. The molecule has 1 heterocycles. The number of rotatable bonds is 4. The zero-order chi connectivity index (χ0) is 13.8. The SMILES string of the molecule is CCc1cc(NC(=O)[C@H]2C[C@H](OC)CN2)ccc1C. The van der Waals surface area contributed by atoms with E-state index in [4.69, 9.17) is 4.74 Å². The number of nitrogens with one attached hydrogen (secondary N) is 2. The van der Waals surface area contributed by atoms with Gasteiger partial charge < -0.3 is 15.4 Å². The Kier molecular flexibility index (Phi) is 4.56. The second-order valence-corrected chi connectivity index (χ2v) is 5.04. The Bertz CT molecular complexity index is 459. The summed E-state index contributed by atoms with van der Waals surface area (Å²) in [6.45, 7) is 4.95. The summed E-state index contributed by atoms with van der Waals surface area (Å²) in [6.07, 6.45) is 1.85. The molecule has 1 aromatic rings. The average Bonchev–Trinajstić information content (AvgIpc) is 2.90. The van der Waals surface area contributed by atoms with E-state index < -0.39 is 0 Å². The molecule has 0 bridgehead atoms. The van der Waals surface area contributed by atoms with Gasteiger partial charge in [0, 0.05) is 19.3 Å². The molecule has 104 valence electrons. The van der Waals surface area contributed by atoms with Crippen molar-refractivity contribution in [1.29, 1.82) is 0 Å². The van der Waals surface area contributed by atoms with Crippen LogP contribution in [0.3, 0.4) is 0 Å². The highest BCUT2D eigenvalue weighted by Gasteiger charge is 2.29. The van der Waals surface area contributed by atoms with Gasteiger partial charge in [0.15, 0.2) is 0 Å². The standard InChI is InChI=1S/C15H22N2O2/c1-4-11-7-12(6-5-10(11)2)17-15(18)14-8-13(19-3)9-16-14/h5-7,13-14,16H,4,8-9H2,1-3H3,(H,17,18)/t13-,14+/m0/s1. The minimum absolute atomic E-state index is 0.0189. The number of hydrogen-bond donors (Lipinski definition) is 2. The molecule has 1 saturated heterocycles. The molecule has 2 atom stereocenters. The second-order valence-electron chi connectivity index (χ2n) is 5.04. The molecule has 4 heteroatoms. The van der Waals surface area contributed by atoms with E-state index in [0.717, 1.165) is 25.1 Å². The van der Waals surface area contributed by atoms with E-state index >= 15 is 0 Å². The fraction of sp³-hybridized carbons (Fsp3) is 0.533. The molecular weight excluding hydrogens is 240 g/mol.